The van der Waals surface area contributed by atoms with Gasteiger partial charge in [0.2, 0.25) is 11.8 Å². The number of nitrogens with one attached hydrogen (secondary N) is 1. The van der Waals surface area contributed by atoms with Crippen LogP contribution in [-0.4, -0.2) is 22.1 Å². The molecule has 1 atom stereocenters. The predicted octanol–water partition coefficient (Wildman–Crippen LogP) is 2.98. The summed E-state index contributed by atoms with van der Waals surface area (Å²) in [4.78, 5) is 22.4. The first-order chi connectivity index (χ1) is 8.93. The molecule has 1 saturated heterocycles. The molecule has 1 aliphatic rings. The van der Waals surface area contributed by atoms with Gasteiger partial charge in [0.1, 0.15) is 5.75 Å². The molecule has 0 bridgehead atoms. The largest absolute Gasteiger partial charge is 0.497 e. The van der Waals surface area contributed by atoms with Crippen molar-refractivity contribution in [1.82, 2.24) is 5.32 Å². The number of hydrogen-bond donors (Lipinski definition) is 1. The molecule has 0 radical (unpaired) electrons. The van der Waals surface area contributed by atoms with Crippen molar-refractivity contribution in [3.8, 4) is 5.75 Å². The summed E-state index contributed by atoms with van der Waals surface area (Å²) in [5, 5.41) is 2.28. The van der Waals surface area contributed by atoms with Gasteiger partial charge in [-0.3, -0.25) is 14.9 Å². The summed E-state index contributed by atoms with van der Waals surface area (Å²) >= 11 is 9.31. The van der Waals surface area contributed by atoms with Crippen molar-refractivity contribution < 1.29 is 14.3 Å². The second kappa shape index (κ2) is 8.06. The van der Waals surface area contributed by atoms with Gasteiger partial charge in [0.25, 0.3) is 0 Å². The Morgan fingerprint density at radius 2 is 1.95 bits per heavy atom. The number of rotatable bonds is 2. The van der Waals surface area contributed by atoms with E-state index in [2.05, 4.69) is 52.6 Å². The Balaban J connectivity index is 0.000000399. The molecule has 0 spiro atoms. The highest BCUT2D eigenvalue weighted by Gasteiger charge is 2.31. The lowest BCUT2D eigenvalue weighted by Crippen LogP contribution is -2.21. The molecule has 1 unspecified atom stereocenters. The Morgan fingerprint density at radius 1 is 1.32 bits per heavy atom. The molecule has 8 heteroatoms. The topological polar surface area (TPSA) is 55.4 Å². The Bertz CT molecular complexity index is 467. The molecule has 0 aliphatic carbocycles. The van der Waals surface area contributed by atoms with Gasteiger partial charge < -0.3 is 4.74 Å². The van der Waals surface area contributed by atoms with Gasteiger partial charge in [-0.2, -0.15) is 0 Å². The fraction of sp³-hybridized carbons (Fsp3) is 0.273. The Labute approximate surface area is 136 Å². The van der Waals surface area contributed by atoms with E-state index in [9.17, 15) is 9.59 Å². The maximum Gasteiger partial charge on any atom is 0.369 e. The fourth-order valence-electron chi connectivity index (χ4n) is 1.68. The van der Waals surface area contributed by atoms with Crippen molar-refractivity contribution in [2.45, 2.75) is 12.3 Å². The number of carbonyl (C=O) groups is 2. The highest BCUT2D eigenvalue weighted by atomic mass is 79.9. The van der Waals surface area contributed by atoms with Crippen molar-refractivity contribution in [2.75, 3.05) is 7.11 Å². The summed E-state index contributed by atoms with van der Waals surface area (Å²) in [6.45, 7) is 0. The monoisotopic (exact) mass is 453 g/mol. The average Bonchev–Trinajstić information content (AvgIpc) is 2.68. The summed E-state index contributed by atoms with van der Waals surface area (Å²) < 4.78 is 5.33. The van der Waals surface area contributed by atoms with Gasteiger partial charge >= 0.3 is 3.18 Å². The molecule has 2 rings (SSSR count). The SMILES string of the molecule is BrB(Br)Br.COc1cccc(C2CC(=O)NC2=O)c1. The number of ether oxygens (including phenoxy) is 1. The van der Waals surface area contributed by atoms with Crippen LogP contribution in [-0.2, 0) is 9.59 Å². The van der Waals surface area contributed by atoms with Crippen LogP contribution in [0.2, 0.25) is 0 Å². The third-order valence-electron chi connectivity index (χ3n) is 2.46. The average molecular weight is 456 g/mol. The number of benzene rings is 1. The molecule has 1 heterocycles. The van der Waals surface area contributed by atoms with Gasteiger partial charge in [0, 0.05) is 6.42 Å². The number of carbonyl (C=O) groups excluding carboxylic acids is 2. The van der Waals surface area contributed by atoms with E-state index in [1.807, 2.05) is 12.1 Å². The third-order valence-corrected chi connectivity index (χ3v) is 2.46. The van der Waals surface area contributed by atoms with E-state index in [0.29, 0.717) is 5.75 Å². The maximum atomic E-state index is 11.4. The molecule has 0 aromatic heterocycles. The first-order valence-corrected chi connectivity index (χ1v) is 8.08. The van der Waals surface area contributed by atoms with Gasteiger partial charge in [0.15, 0.2) is 0 Å². The Hall–Kier alpha value is -0.335. The number of imide groups is 1. The van der Waals surface area contributed by atoms with Crippen LogP contribution in [0, 0.1) is 0 Å². The van der Waals surface area contributed by atoms with Crippen LogP contribution in [0.25, 0.3) is 0 Å². The van der Waals surface area contributed by atoms with Gasteiger partial charge in [0.05, 0.1) is 13.0 Å². The smallest absolute Gasteiger partial charge is 0.369 e. The molecular formula is C11H11BBr3NO3. The number of halogens is 3. The van der Waals surface area contributed by atoms with Gasteiger partial charge in [-0.25, -0.2) is 0 Å². The number of methoxy groups -OCH3 is 1. The minimum Gasteiger partial charge on any atom is -0.497 e. The Kier molecular flexibility index (Phi) is 7.10. The van der Waals surface area contributed by atoms with E-state index in [-0.39, 0.29) is 27.3 Å². The summed E-state index contributed by atoms with van der Waals surface area (Å²) in [7, 11) is 1.57. The van der Waals surface area contributed by atoms with Gasteiger partial charge in [-0.05, 0) is 17.7 Å². The van der Waals surface area contributed by atoms with Crippen molar-refractivity contribution in [3.05, 3.63) is 29.8 Å². The van der Waals surface area contributed by atoms with Crippen LogP contribution in [0.3, 0.4) is 0 Å². The number of hydrogen-bond acceptors (Lipinski definition) is 3. The standard InChI is InChI=1S/C11H11NO3.BBr3/c1-15-8-4-2-3-7(5-8)9-6-10(13)12-11(9)14;2-1(3)4/h2-5,9H,6H2,1H3,(H,12,13,14);. The lowest BCUT2D eigenvalue weighted by atomic mass is 9.97. The molecule has 2 amide bonds. The summed E-state index contributed by atoms with van der Waals surface area (Å²) in [6, 6.07) is 7.22. The first kappa shape index (κ1) is 16.7. The third kappa shape index (κ3) is 5.66. The van der Waals surface area contributed by atoms with E-state index in [1.54, 1.807) is 19.2 Å². The van der Waals surface area contributed by atoms with Crippen molar-refractivity contribution in [1.29, 1.82) is 0 Å². The first-order valence-electron chi connectivity index (χ1n) is 5.34. The molecule has 1 aromatic carbocycles. The molecule has 102 valence electrons. The predicted molar refractivity (Wildman–Crippen MR) is 86.0 cm³/mol. The van der Waals surface area contributed by atoms with Crippen LogP contribution in [0.4, 0.5) is 0 Å². The second-order valence-corrected chi connectivity index (χ2v) is 10.1. The molecule has 1 aromatic rings. The maximum absolute atomic E-state index is 11.4. The zero-order chi connectivity index (χ0) is 14.4. The minimum absolute atomic E-state index is 0.215. The fourth-order valence-corrected chi connectivity index (χ4v) is 1.68. The minimum atomic E-state index is -0.368. The van der Waals surface area contributed by atoms with Crippen LogP contribution < -0.4 is 10.1 Å². The van der Waals surface area contributed by atoms with Crippen LogP contribution in [0.15, 0.2) is 24.3 Å². The molecule has 19 heavy (non-hydrogen) atoms. The van der Waals surface area contributed by atoms with E-state index >= 15 is 0 Å². The molecule has 1 aliphatic heterocycles. The molecule has 0 saturated carbocycles. The summed E-state index contributed by atoms with van der Waals surface area (Å²) in [5.41, 5.74) is 0.817. The highest BCUT2D eigenvalue weighted by Crippen LogP contribution is 2.26. The quantitative estimate of drug-likeness (QED) is 0.551. The highest BCUT2D eigenvalue weighted by molar-refractivity contribution is 9.69. The van der Waals surface area contributed by atoms with Crippen molar-refractivity contribution in [2.24, 2.45) is 0 Å². The van der Waals surface area contributed by atoms with Crippen molar-refractivity contribution >= 4 is 62.3 Å². The molecule has 1 N–H and O–H groups in total. The lowest BCUT2D eigenvalue weighted by molar-refractivity contribution is -0.125. The van der Waals surface area contributed by atoms with E-state index in [1.165, 1.54) is 0 Å². The Morgan fingerprint density at radius 3 is 2.42 bits per heavy atom. The molecular weight excluding hydrogens is 445 g/mol. The van der Waals surface area contributed by atoms with Crippen LogP contribution in [0.1, 0.15) is 17.9 Å². The molecule has 1 fully saturated rings. The van der Waals surface area contributed by atoms with Gasteiger partial charge in [-0.15, -0.1) is 47.3 Å². The van der Waals surface area contributed by atoms with Crippen molar-refractivity contribution in [3.63, 3.8) is 0 Å². The van der Waals surface area contributed by atoms with Crippen LogP contribution >= 0.6 is 47.3 Å². The second-order valence-electron chi connectivity index (χ2n) is 3.69. The van der Waals surface area contributed by atoms with Gasteiger partial charge in [-0.1, -0.05) is 12.1 Å². The summed E-state index contributed by atoms with van der Waals surface area (Å²) in [6.07, 6.45) is 0.228. The lowest BCUT2D eigenvalue weighted by Gasteiger charge is -2.07. The normalized spacial score (nSPS) is 17.4. The van der Waals surface area contributed by atoms with E-state index in [4.69, 9.17) is 4.74 Å². The molecule has 4 nitrogen and oxygen atoms in total. The zero-order valence-corrected chi connectivity index (χ0v) is 14.8. The van der Waals surface area contributed by atoms with Crippen LogP contribution in [0.5, 0.6) is 5.75 Å². The number of amides is 2. The van der Waals surface area contributed by atoms with E-state index < -0.39 is 0 Å². The van der Waals surface area contributed by atoms with E-state index in [0.717, 1.165) is 5.56 Å². The zero-order valence-electron chi connectivity index (χ0n) is 10.0. The summed E-state index contributed by atoms with van der Waals surface area (Å²) in [5.74, 6) is -0.117.